The van der Waals surface area contributed by atoms with Crippen LogP contribution in [0, 0.1) is 0 Å². The molecule has 130 valence electrons. The number of aromatic hydroxyl groups is 1. The standard InChI is InChI=1S/C15H24N2O4S2/c1-4-17(5-2)23(20,21)12-7-8-14(18)13(11-12)16-15(19)9-10-22-6-3/h7-8,11,18H,4-6,9-10H2,1-3H3,(H,16,19). The lowest BCUT2D eigenvalue weighted by atomic mass is 10.3. The van der Waals surface area contributed by atoms with E-state index < -0.39 is 10.0 Å². The third kappa shape index (κ3) is 5.40. The van der Waals surface area contributed by atoms with Crippen molar-refractivity contribution in [1.29, 1.82) is 0 Å². The molecule has 0 unspecified atom stereocenters. The molecule has 0 radical (unpaired) electrons. The third-order valence-corrected chi connectivity index (χ3v) is 6.21. The van der Waals surface area contributed by atoms with Crippen molar-refractivity contribution in [3.63, 3.8) is 0 Å². The van der Waals surface area contributed by atoms with E-state index in [9.17, 15) is 18.3 Å². The molecule has 1 aromatic carbocycles. The van der Waals surface area contributed by atoms with Gasteiger partial charge in [0.15, 0.2) is 0 Å². The molecule has 1 amide bonds. The Bertz CT molecular complexity index is 628. The van der Waals surface area contributed by atoms with Crippen LogP contribution in [0.5, 0.6) is 5.75 Å². The van der Waals surface area contributed by atoms with Crippen LogP contribution in [0.3, 0.4) is 0 Å². The Labute approximate surface area is 142 Å². The monoisotopic (exact) mass is 360 g/mol. The van der Waals surface area contributed by atoms with Gasteiger partial charge in [-0.05, 0) is 24.0 Å². The summed E-state index contributed by atoms with van der Waals surface area (Å²) in [6.07, 6.45) is 0.310. The maximum Gasteiger partial charge on any atom is 0.243 e. The van der Waals surface area contributed by atoms with Crippen LogP contribution in [-0.4, -0.2) is 48.3 Å². The number of sulfonamides is 1. The van der Waals surface area contributed by atoms with Gasteiger partial charge < -0.3 is 10.4 Å². The van der Waals surface area contributed by atoms with Crippen LogP contribution in [0.4, 0.5) is 5.69 Å². The Hall–Kier alpha value is -1.25. The summed E-state index contributed by atoms with van der Waals surface area (Å²) in [5.41, 5.74) is 0.115. The lowest BCUT2D eigenvalue weighted by Gasteiger charge is -2.19. The molecular weight excluding hydrogens is 336 g/mol. The van der Waals surface area contributed by atoms with Gasteiger partial charge in [0.05, 0.1) is 10.6 Å². The van der Waals surface area contributed by atoms with Gasteiger partial charge in [0.25, 0.3) is 0 Å². The fourth-order valence-corrected chi connectivity index (χ4v) is 4.11. The molecule has 1 rings (SSSR count). The molecule has 2 N–H and O–H groups in total. The number of carbonyl (C=O) groups excluding carboxylic acids is 1. The zero-order valence-corrected chi connectivity index (χ0v) is 15.3. The number of hydrogen-bond donors (Lipinski definition) is 2. The fourth-order valence-electron chi connectivity index (χ4n) is 2.01. The van der Waals surface area contributed by atoms with E-state index in [0.29, 0.717) is 25.3 Å². The zero-order chi connectivity index (χ0) is 17.5. The van der Waals surface area contributed by atoms with Gasteiger partial charge in [-0.1, -0.05) is 20.8 Å². The lowest BCUT2D eigenvalue weighted by molar-refractivity contribution is -0.115. The normalized spacial score (nSPS) is 11.7. The van der Waals surface area contributed by atoms with Gasteiger partial charge in [0, 0.05) is 25.3 Å². The highest BCUT2D eigenvalue weighted by Crippen LogP contribution is 2.28. The Morgan fingerprint density at radius 3 is 2.48 bits per heavy atom. The maximum absolute atomic E-state index is 12.5. The van der Waals surface area contributed by atoms with Crippen LogP contribution >= 0.6 is 11.8 Å². The van der Waals surface area contributed by atoms with Gasteiger partial charge in [0.1, 0.15) is 5.75 Å². The number of rotatable bonds is 9. The van der Waals surface area contributed by atoms with E-state index in [1.165, 1.54) is 22.5 Å². The molecule has 1 aromatic rings. The molecule has 8 heteroatoms. The number of nitrogens with one attached hydrogen (secondary N) is 1. The van der Waals surface area contributed by atoms with Crippen LogP contribution in [0.25, 0.3) is 0 Å². The number of hydrogen-bond acceptors (Lipinski definition) is 5. The first-order valence-corrected chi connectivity index (χ1v) is 10.2. The van der Waals surface area contributed by atoms with Crippen LogP contribution in [0.1, 0.15) is 27.2 Å². The maximum atomic E-state index is 12.5. The topological polar surface area (TPSA) is 86.7 Å². The van der Waals surface area contributed by atoms with Crippen molar-refractivity contribution < 1.29 is 18.3 Å². The Balaban J connectivity index is 2.97. The van der Waals surface area contributed by atoms with Gasteiger partial charge in [-0.15, -0.1) is 0 Å². The summed E-state index contributed by atoms with van der Waals surface area (Å²) >= 11 is 1.64. The minimum Gasteiger partial charge on any atom is -0.506 e. The summed E-state index contributed by atoms with van der Waals surface area (Å²) in [6, 6.07) is 3.92. The van der Waals surface area contributed by atoms with Crippen molar-refractivity contribution in [2.45, 2.75) is 32.1 Å². The van der Waals surface area contributed by atoms with Gasteiger partial charge >= 0.3 is 0 Å². The van der Waals surface area contributed by atoms with Crippen molar-refractivity contribution in [2.24, 2.45) is 0 Å². The molecule has 0 aromatic heterocycles. The number of thioether (sulfide) groups is 1. The molecule has 0 fully saturated rings. The number of phenolic OH excluding ortho intramolecular Hbond substituents is 1. The molecule has 0 heterocycles. The number of phenols is 1. The quantitative estimate of drug-likeness (QED) is 0.522. The first kappa shape index (κ1) is 19.8. The van der Waals surface area contributed by atoms with Gasteiger partial charge in [0.2, 0.25) is 15.9 Å². The Morgan fingerprint density at radius 1 is 1.26 bits per heavy atom. The highest BCUT2D eigenvalue weighted by molar-refractivity contribution is 7.99. The van der Waals surface area contributed by atoms with E-state index in [1.54, 1.807) is 25.6 Å². The highest BCUT2D eigenvalue weighted by atomic mass is 32.2. The molecule has 0 saturated heterocycles. The van der Waals surface area contributed by atoms with Crippen molar-refractivity contribution in [2.75, 3.05) is 29.9 Å². The molecular formula is C15H24N2O4S2. The molecule has 0 bridgehead atoms. The summed E-state index contributed by atoms with van der Waals surface area (Å²) in [7, 11) is -3.63. The van der Waals surface area contributed by atoms with E-state index in [4.69, 9.17) is 0 Å². The molecule has 23 heavy (non-hydrogen) atoms. The first-order valence-electron chi connectivity index (χ1n) is 7.57. The smallest absolute Gasteiger partial charge is 0.243 e. The number of amides is 1. The zero-order valence-electron chi connectivity index (χ0n) is 13.7. The average molecular weight is 361 g/mol. The largest absolute Gasteiger partial charge is 0.506 e. The summed E-state index contributed by atoms with van der Waals surface area (Å²) in [5, 5.41) is 12.4. The second kappa shape index (κ2) is 9.14. The van der Waals surface area contributed by atoms with E-state index >= 15 is 0 Å². The predicted octanol–water partition coefficient (Wildman–Crippen LogP) is 2.50. The third-order valence-electron chi connectivity index (χ3n) is 3.26. The molecule has 0 aliphatic heterocycles. The summed E-state index contributed by atoms with van der Waals surface area (Å²) in [4.78, 5) is 11.9. The SMILES string of the molecule is CCSCCC(=O)Nc1cc(S(=O)(=O)N(CC)CC)ccc1O. The van der Waals surface area contributed by atoms with Crippen molar-refractivity contribution in [3.05, 3.63) is 18.2 Å². The van der Waals surface area contributed by atoms with Gasteiger partial charge in [-0.3, -0.25) is 4.79 Å². The van der Waals surface area contributed by atoms with Gasteiger partial charge in [-0.2, -0.15) is 16.1 Å². The Kier molecular flexibility index (Phi) is 7.87. The molecule has 0 aliphatic rings. The predicted molar refractivity (Wildman–Crippen MR) is 94.5 cm³/mol. The van der Waals surface area contributed by atoms with E-state index in [1.807, 2.05) is 6.92 Å². The van der Waals surface area contributed by atoms with Crippen molar-refractivity contribution in [3.8, 4) is 5.75 Å². The van der Waals surface area contributed by atoms with Crippen LogP contribution in [0.15, 0.2) is 23.1 Å². The summed E-state index contributed by atoms with van der Waals surface area (Å²) in [6.45, 7) is 6.24. The number of carbonyl (C=O) groups is 1. The number of nitrogens with zero attached hydrogens (tertiary/aromatic N) is 1. The van der Waals surface area contributed by atoms with E-state index in [2.05, 4.69) is 5.32 Å². The fraction of sp³-hybridized carbons (Fsp3) is 0.533. The minimum absolute atomic E-state index is 0.0530. The number of anilines is 1. The average Bonchev–Trinajstić information content (AvgIpc) is 2.50. The van der Waals surface area contributed by atoms with Crippen molar-refractivity contribution >= 4 is 33.4 Å². The Morgan fingerprint density at radius 2 is 1.91 bits per heavy atom. The van der Waals surface area contributed by atoms with E-state index in [0.717, 1.165) is 5.75 Å². The lowest BCUT2D eigenvalue weighted by Crippen LogP contribution is -2.30. The second-order valence-corrected chi connectivity index (χ2v) is 8.10. The van der Waals surface area contributed by atoms with Crippen LogP contribution in [0.2, 0.25) is 0 Å². The molecule has 0 spiro atoms. The van der Waals surface area contributed by atoms with Gasteiger partial charge in [-0.25, -0.2) is 8.42 Å². The minimum atomic E-state index is -3.63. The summed E-state index contributed by atoms with van der Waals surface area (Å²) in [5.74, 6) is 1.20. The van der Waals surface area contributed by atoms with E-state index in [-0.39, 0.29) is 22.2 Å². The molecule has 0 aliphatic carbocycles. The molecule has 0 saturated carbocycles. The highest BCUT2D eigenvalue weighted by Gasteiger charge is 2.22. The second-order valence-electron chi connectivity index (χ2n) is 4.76. The van der Waals surface area contributed by atoms with Crippen LogP contribution < -0.4 is 5.32 Å². The molecule has 0 atom stereocenters. The first-order chi connectivity index (χ1) is 10.9. The van der Waals surface area contributed by atoms with Crippen LogP contribution in [-0.2, 0) is 14.8 Å². The molecule has 6 nitrogen and oxygen atoms in total. The van der Waals surface area contributed by atoms with Crippen molar-refractivity contribution in [1.82, 2.24) is 4.31 Å². The number of benzene rings is 1. The summed E-state index contributed by atoms with van der Waals surface area (Å²) < 4.78 is 26.3.